The number of nitrogens with zero attached hydrogens (tertiary/aromatic N) is 6. The molecular formula is C26H26N6O4. The van der Waals surface area contributed by atoms with Crippen LogP contribution < -0.4 is 4.90 Å². The van der Waals surface area contributed by atoms with Gasteiger partial charge in [-0.15, -0.1) is 0 Å². The minimum atomic E-state index is -0.434. The van der Waals surface area contributed by atoms with Gasteiger partial charge in [-0.3, -0.25) is 9.69 Å². The summed E-state index contributed by atoms with van der Waals surface area (Å²) in [6.45, 7) is 5.96. The summed E-state index contributed by atoms with van der Waals surface area (Å²) >= 11 is 0. The average molecular weight is 487 g/mol. The fourth-order valence-electron chi connectivity index (χ4n) is 5.04. The van der Waals surface area contributed by atoms with Gasteiger partial charge in [-0.25, -0.2) is 14.3 Å². The lowest BCUT2D eigenvalue weighted by atomic mass is 10.0. The van der Waals surface area contributed by atoms with Crippen LogP contribution in [0, 0.1) is 13.8 Å². The Labute approximate surface area is 207 Å². The molecule has 6 rings (SSSR count). The number of aromatic nitrogens is 4. The molecule has 0 unspecified atom stereocenters. The van der Waals surface area contributed by atoms with Gasteiger partial charge in [-0.2, -0.15) is 5.10 Å². The van der Waals surface area contributed by atoms with Gasteiger partial charge < -0.3 is 14.2 Å². The molecule has 2 fully saturated rings. The number of hydrogen-bond donors (Lipinski definition) is 0. The topological polar surface area (TPSA) is 106 Å². The van der Waals surface area contributed by atoms with E-state index in [1.807, 2.05) is 49.1 Å². The highest BCUT2D eigenvalue weighted by atomic mass is 16.6. The van der Waals surface area contributed by atoms with Crippen molar-refractivity contribution in [2.24, 2.45) is 0 Å². The van der Waals surface area contributed by atoms with Crippen LogP contribution in [0.3, 0.4) is 0 Å². The summed E-state index contributed by atoms with van der Waals surface area (Å²) < 4.78 is 12.3. The summed E-state index contributed by atoms with van der Waals surface area (Å²) in [5.41, 5.74) is 5.00. The summed E-state index contributed by atoms with van der Waals surface area (Å²) in [5.74, 6) is 1.12. The molecule has 10 nitrogen and oxygen atoms in total. The van der Waals surface area contributed by atoms with Crippen LogP contribution in [0.4, 0.5) is 10.6 Å². The third-order valence-corrected chi connectivity index (χ3v) is 6.85. The number of carbonyl (C=O) groups excluding carboxylic acids is 2. The second-order valence-electron chi connectivity index (χ2n) is 9.18. The van der Waals surface area contributed by atoms with Gasteiger partial charge in [-0.05, 0) is 57.4 Å². The molecule has 2 amide bonds. The number of piperidine rings is 1. The SMILES string of the molecule is Cc1noc(C)c1-c1cc(-c2cccc3c(C(=O)N4CCCCC4)cnn23)cc(N2CCOC2=O)n1. The van der Waals surface area contributed by atoms with E-state index in [2.05, 4.69) is 10.3 Å². The van der Waals surface area contributed by atoms with E-state index in [4.69, 9.17) is 14.2 Å². The van der Waals surface area contributed by atoms with E-state index in [0.717, 1.165) is 54.7 Å². The van der Waals surface area contributed by atoms with Crippen LogP contribution in [0.2, 0.25) is 0 Å². The molecule has 0 spiro atoms. The van der Waals surface area contributed by atoms with Crippen LogP contribution in [-0.4, -0.2) is 62.9 Å². The van der Waals surface area contributed by atoms with Gasteiger partial charge in [0.25, 0.3) is 5.91 Å². The molecule has 2 aliphatic rings. The number of pyridine rings is 2. The molecule has 0 N–H and O–H groups in total. The van der Waals surface area contributed by atoms with Crippen molar-refractivity contribution in [2.45, 2.75) is 33.1 Å². The van der Waals surface area contributed by atoms with Crippen molar-refractivity contribution in [1.82, 2.24) is 24.7 Å². The molecule has 0 radical (unpaired) electrons. The Morgan fingerprint density at radius 1 is 1.06 bits per heavy atom. The lowest BCUT2D eigenvalue weighted by Gasteiger charge is -2.26. The summed E-state index contributed by atoms with van der Waals surface area (Å²) in [7, 11) is 0. The smallest absolute Gasteiger partial charge is 0.415 e. The first-order chi connectivity index (χ1) is 17.5. The predicted molar refractivity (Wildman–Crippen MR) is 132 cm³/mol. The zero-order valence-electron chi connectivity index (χ0n) is 20.2. The molecule has 6 heterocycles. The van der Waals surface area contributed by atoms with Crippen LogP contribution in [0.5, 0.6) is 0 Å². The predicted octanol–water partition coefficient (Wildman–Crippen LogP) is 4.25. The number of hydrogen-bond acceptors (Lipinski definition) is 7. The first kappa shape index (κ1) is 22.3. The molecule has 2 saturated heterocycles. The van der Waals surface area contributed by atoms with Crippen LogP contribution in [-0.2, 0) is 4.74 Å². The lowest BCUT2D eigenvalue weighted by Crippen LogP contribution is -2.35. The van der Waals surface area contributed by atoms with Crippen molar-refractivity contribution in [2.75, 3.05) is 31.1 Å². The van der Waals surface area contributed by atoms with E-state index < -0.39 is 6.09 Å². The van der Waals surface area contributed by atoms with E-state index in [1.54, 1.807) is 10.7 Å². The molecule has 10 heteroatoms. The quantitative estimate of drug-likeness (QED) is 0.424. The number of likely N-dealkylation sites (tertiary alicyclic amines) is 1. The summed E-state index contributed by atoms with van der Waals surface area (Å²) in [6.07, 6.45) is 4.42. The maximum Gasteiger partial charge on any atom is 0.415 e. The van der Waals surface area contributed by atoms with Crippen molar-refractivity contribution in [3.8, 4) is 22.5 Å². The zero-order chi connectivity index (χ0) is 24.8. The average Bonchev–Trinajstić information content (AvgIpc) is 3.62. The molecule has 36 heavy (non-hydrogen) atoms. The van der Waals surface area contributed by atoms with E-state index in [9.17, 15) is 9.59 Å². The van der Waals surface area contributed by atoms with Crippen molar-refractivity contribution in [3.05, 3.63) is 53.5 Å². The van der Waals surface area contributed by atoms with Crippen LogP contribution in [0.15, 0.2) is 41.1 Å². The Kier molecular flexibility index (Phi) is 5.43. The van der Waals surface area contributed by atoms with Crippen LogP contribution >= 0.6 is 0 Å². The number of carbonyl (C=O) groups is 2. The maximum absolute atomic E-state index is 13.3. The first-order valence-corrected chi connectivity index (χ1v) is 12.2. The fraction of sp³-hybridized carbons (Fsp3) is 0.346. The molecule has 4 aromatic rings. The van der Waals surface area contributed by atoms with Crippen molar-refractivity contribution < 1.29 is 18.8 Å². The summed E-state index contributed by atoms with van der Waals surface area (Å²) in [4.78, 5) is 33.8. The van der Waals surface area contributed by atoms with Gasteiger partial charge in [0.1, 0.15) is 18.2 Å². The number of anilines is 1. The molecule has 0 bridgehead atoms. The minimum Gasteiger partial charge on any atom is -0.447 e. The Morgan fingerprint density at radius 3 is 2.61 bits per heavy atom. The van der Waals surface area contributed by atoms with Gasteiger partial charge in [0.15, 0.2) is 0 Å². The third kappa shape index (κ3) is 3.69. The molecule has 184 valence electrons. The van der Waals surface area contributed by atoms with Gasteiger partial charge in [0.05, 0.1) is 46.5 Å². The van der Waals surface area contributed by atoms with Gasteiger partial charge in [-0.1, -0.05) is 11.2 Å². The number of aryl methyl sites for hydroxylation is 2. The monoisotopic (exact) mass is 486 g/mol. The van der Waals surface area contributed by atoms with Crippen molar-refractivity contribution in [1.29, 1.82) is 0 Å². The standard InChI is InChI=1S/C26H26N6O4/c1-16-24(17(2)36-29-16)20-13-18(14-23(28-20)31-11-12-35-26(31)34)21-7-6-8-22-19(15-27-32(21)22)25(33)30-9-4-3-5-10-30/h6-8,13-15H,3-5,9-12H2,1-2H3. The minimum absolute atomic E-state index is 0.00786. The van der Waals surface area contributed by atoms with E-state index in [-0.39, 0.29) is 5.91 Å². The Morgan fingerprint density at radius 2 is 1.89 bits per heavy atom. The Hall–Kier alpha value is -4.21. The largest absolute Gasteiger partial charge is 0.447 e. The third-order valence-electron chi connectivity index (χ3n) is 6.85. The zero-order valence-corrected chi connectivity index (χ0v) is 20.2. The van der Waals surface area contributed by atoms with Crippen molar-refractivity contribution in [3.63, 3.8) is 0 Å². The van der Waals surface area contributed by atoms with Crippen LogP contribution in [0.1, 0.15) is 41.1 Å². The maximum atomic E-state index is 13.3. The molecular weight excluding hydrogens is 460 g/mol. The molecule has 0 saturated carbocycles. The van der Waals surface area contributed by atoms with E-state index in [0.29, 0.717) is 41.7 Å². The van der Waals surface area contributed by atoms with Crippen LogP contribution in [0.25, 0.3) is 28.0 Å². The molecule has 0 aliphatic carbocycles. The number of rotatable bonds is 4. The normalized spacial score (nSPS) is 16.1. The van der Waals surface area contributed by atoms with Gasteiger partial charge in [0, 0.05) is 18.7 Å². The van der Waals surface area contributed by atoms with E-state index in [1.165, 1.54) is 4.90 Å². The molecule has 0 aromatic carbocycles. The molecule has 4 aromatic heterocycles. The Balaban J connectivity index is 1.49. The number of fused-ring (bicyclic) bond motifs is 1. The van der Waals surface area contributed by atoms with E-state index >= 15 is 0 Å². The number of cyclic esters (lactones) is 1. The lowest BCUT2D eigenvalue weighted by molar-refractivity contribution is 0.0726. The fourth-order valence-corrected chi connectivity index (χ4v) is 5.04. The highest BCUT2D eigenvalue weighted by molar-refractivity contribution is 6.01. The second-order valence-corrected chi connectivity index (χ2v) is 9.18. The Bertz CT molecular complexity index is 1460. The molecule has 0 atom stereocenters. The highest BCUT2D eigenvalue weighted by Crippen LogP contribution is 2.33. The first-order valence-electron chi connectivity index (χ1n) is 12.2. The molecule has 2 aliphatic heterocycles. The highest BCUT2D eigenvalue weighted by Gasteiger charge is 2.27. The second kappa shape index (κ2) is 8.78. The van der Waals surface area contributed by atoms with Gasteiger partial charge >= 0.3 is 6.09 Å². The van der Waals surface area contributed by atoms with Gasteiger partial charge in [0.2, 0.25) is 0 Å². The summed E-state index contributed by atoms with van der Waals surface area (Å²) in [5, 5.41) is 8.67. The number of ether oxygens (including phenoxy) is 1. The number of amides is 2. The summed E-state index contributed by atoms with van der Waals surface area (Å²) in [6, 6.07) is 9.53. The van der Waals surface area contributed by atoms with Crippen molar-refractivity contribution >= 4 is 23.3 Å².